The zero-order valence-corrected chi connectivity index (χ0v) is 10.8. The van der Waals surface area contributed by atoms with Crippen molar-refractivity contribution < 1.29 is 18.3 Å². The second kappa shape index (κ2) is 6.70. The van der Waals surface area contributed by atoms with Gasteiger partial charge in [0, 0.05) is 30.7 Å². The van der Waals surface area contributed by atoms with Crippen molar-refractivity contribution in [1.29, 1.82) is 0 Å². The molecule has 1 N–H and O–H groups in total. The van der Waals surface area contributed by atoms with Gasteiger partial charge in [0.2, 0.25) is 0 Å². The first-order valence-corrected chi connectivity index (χ1v) is 5.94. The van der Waals surface area contributed by atoms with Gasteiger partial charge in [0.05, 0.1) is 7.11 Å². The molecule has 0 radical (unpaired) electrons. The standard InChI is InChI=1S/C14H14F2N2O2/c1-19-12-5-4-11(7-13(12)20-14(15)16)18-9-10-3-2-6-17-8-10/h2-8,14,18H,9H2,1H3. The molecule has 0 saturated carbocycles. The molecule has 2 aromatic rings. The molecule has 1 aromatic carbocycles. The monoisotopic (exact) mass is 280 g/mol. The SMILES string of the molecule is COc1ccc(NCc2cccnc2)cc1OC(F)F. The summed E-state index contributed by atoms with van der Waals surface area (Å²) in [6.07, 6.45) is 3.42. The van der Waals surface area contributed by atoms with Crippen molar-refractivity contribution in [2.24, 2.45) is 0 Å². The number of aromatic nitrogens is 1. The Morgan fingerprint density at radius 2 is 2.10 bits per heavy atom. The van der Waals surface area contributed by atoms with Gasteiger partial charge in [-0.3, -0.25) is 4.98 Å². The van der Waals surface area contributed by atoms with Gasteiger partial charge in [-0.05, 0) is 23.8 Å². The van der Waals surface area contributed by atoms with E-state index in [4.69, 9.17) is 4.74 Å². The van der Waals surface area contributed by atoms with Crippen LogP contribution in [0, 0.1) is 0 Å². The van der Waals surface area contributed by atoms with E-state index in [1.807, 2.05) is 12.1 Å². The fraction of sp³-hybridized carbons (Fsp3) is 0.214. The van der Waals surface area contributed by atoms with Gasteiger partial charge in [-0.2, -0.15) is 8.78 Å². The molecule has 0 aliphatic rings. The minimum Gasteiger partial charge on any atom is -0.493 e. The second-order valence-electron chi connectivity index (χ2n) is 3.96. The number of hydrogen-bond donors (Lipinski definition) is 1. The molecule has 0 bridgehead atoms. The van der Waals surface area contributed by atoms with Crippen molar-refractivity contribution in [2.75, 3.05) is 12.4 Å². The van der Waals surface area contributed by atoms with Crippen LogP contribution < -0.4 is 14.8 Å². The summed E-state index contributed by atoms with van der Waals surface area (Å²) < 4.78 is 34.0. The molecule has 0 aliphatic heterocycles. The number of nitrogens with one attached hydrogen (secondary N) is 1. The van der Waals surface area contributed by atoms with E-state index in [0.29, 0.717) is 12.2 Å². The summed E-state index contributed by atoms with van der Waals surface area (Å²) in [6.45, 7) is -2.36. The summed E-state index contributed by atoms with van der Waals surface area (Å²) in [5.41, 5.74) is 1.64. The smallest absolute Gasteiger partial charge is 0.387 e. The van der Waals surface area contributed by atoms with Crippen LogP contribution in [0.1, 0.15) is 5.56 Å². The van der Waals surface area contributed by atoms with E-state index in [2.05, 4.69) is 15.0 Å². The third-order valence-electron chi connectivity index (χ3n) is 2.60. The molecule has 6 heteroatoms. The van der Waals surface area contributed by atoms with Gasteiger partial charge in [0.25, 0.3) is 0 Å². The zero-order valence-electron chi connectivity index (χ0n) is 10.8. The maximum atomic E-state index is 12.3. The van der Waals surface area contributed by atoms with Gasteiger partial charge in [-0.1, -0.05) is 6.07 Å². The fourth-order valence-electron chi connectivity index (χ4n) is 1.68. The number of benzene rings is 1. The number of hydrogen-bond acceptors (Lipinski definition) is 4. The molecule has 20 heavy (non-hydrogen) atoms. The summed E-state index contributed by atoms with van der Waals surface area (Å²) in [7, 11) is 1.40. The number of pyridine rings is 1. The van der Waals surface area contributed by atoms with E-state index >= 15 is 0 Å². The van der Waals surface area contributed by atoms with Crippen molar-refractivity contribution in [3.63, 3.8) is 0 Å². The van der Waals surface area contributed by atoms with E-state index in [0.717, 1.165) is 5.56 Å². The molecule has 0 aliphatic carbocycles. The lowest BCUT2D eigenvalue weighted by Gasteiger charge is -2.12. The highest BCUT2D eigenvalue weighted by atomic mass is 19.3. The number of anilines is 1. The molecule has 4 nitrogen and oxygen atoms in total. The third-order valence-corrected chi connectivity index (χ3v) is 2.60. The molecular weight excluding hydrogens is 266 g/mol. The highest BCUT2D eigenvalue weighted by Gasteiger charge is 2.11. The topological polar surface area (TPSA) is 43.4 Å². The van der Waals surface area contributed by atoms with Crippen molar-refractivity contribution in [3.8, 4) is 11.5 Å². The first-order chi connectivity index (χ1) is 9.69. The van der Waals surface area contributed by atoms with E-state index in [1.165, 1.54) is 13.2 Å². The summed E-state index contributed by atoms with van der Waals surface area (Å²) in [6, 6.07) is 8.52. The zero-order chi connectivity index (χ0) is 14.4. The van der Waals surface area contributed by atoms with Gasteiger partial charge in [-0.25, -0.2) is 0 Å². The highest BCUT2D eigenvalue weighted by molar-refractivity contribution is 5.54. The Hall–Kier alpha value is -2.37. The molecule has 0 atom stereocenters. The minimum absolute atomic E-state index is 0.00122. The molecule has 2 rings (SSSR count). The van der Waals surface area contributed by atoms with E-state index in [-0.39, 0.29) is 11.5 Å². The van der Waals surface area contributed by atoms with Crippen LogP contribution in [0.15, 0.2) is 42.7 Å². The van der Waals surface area contributed by atoms with Gasteiger partial charge < -0.3 is 14.8 Å². The fourth-order valence-corrected chi connectivity index (χ4v) is 1.68. The van der Waals surface area contributed by atoms with Crippen molar-refractivity contribution in [3.05, 3.63) is 48.3 Å². The molecule has 0 fully saturated rings. The molecule has 1 heterocycles. The average molecular weight is 280 g/mol. The number of rotatable bonds is 6. The summed E-state index contributed by atoms with van der Waals surface area (Å²) in [5, 5.41) is 3.11. The van der Waals surface area contributed by atoms with E-state index in [9.17, 15) is 8.78 Å². The van der Waals surface area contributed by atoms with E-state index in [1.54, 1.807) is 24.5 Å². The number of ether oxygens (including phenoxy) is 2. The van der Waals surface area contributed by atoms with Crippen LogP contribution >= 0.6 is 0 Å². The van der Waals surface area contributed by atoms with Gasteiger partial charge in [0.1, 0.15) is 0 Å². The normalized spacial score (nSPS) is 10.4. The van der Waals surface area contributed by atoms with Gasteiger partial charge in [0.15, 0.2) is 11.5 Å². The van der Waals surface area contributed by atoms with Crippen LogP contribution in [0.5, 0.6) is 11.5 Å². The molecule has 0 unspecified atom stereocenters. The lowest BCUT2D eigenvalue weighted by Crippen LogP contribution is -2.05. The maximum absolute atomic E-state index is 12.3. The van der Waals surface area contributed by atoms with Crippen LogP contribution in [0.4, 0.5) is 14.5 Å². The van der Waals surface area contributed by atoms with Gasteiger partial charge >= 0.3 is 6.61 Å². The molecule has 0 saturated heterocycles. The Bertz CT molecular complexity index is 550. The number of alkyl halides is 2. The van der Waals surface area contributed by atoms with Crippen LogP contribution in [0.2, 0.25) is 0 Å². The lowest BCUT2D eigenvalue weighted by atomic mass is 10.2. The lowest BCUT2D eigenvalue weighted by molar-refractivity contribution is -0.0511. The highest BCUT2D eigenvalue weighted by Crippen LogP contribution is 2.31. The van der Waals surface area contributed by atoms with Crippen molar-refractivity contribution in [1.82, 2.24) is 4.98 Å². The quantitative estimate of drug-likeness (QED) is 0.881. The van der Waals surface area contributed by atoms with Crippen LogP contribution in [0.25, 0.3) is 0 Å². The number of nitrogens with zero attached hydrogens (tertiary/aromatic N) is 1. The third kappa shape index (κ3) is 3.81. The van der Waals surface area contributed by atoms with Crippen LogP contribution in [0.3, 0.4) is 0 Å². The molecular formula is C14H14F2N2O2. The minimum atomic E-state index is -2.89. The average Bonchev–Trinajstić information content (AvgIpc) is 2.46. The van der Waals surface area contributed by atoms with Crippen molar-refractivity contribution >= 4 is 5.69 Å². The summed E-state index contributed by atoms with van der Waals surface area (Å²) >= 11 is 0. The largest absolute Gasteiger partial charge is 0.493 e. The molecule has 0 amide bonds. The second-order valence-corrected chi connectivity index (χ2v) is 3.96. The summed E-state index contributed by atoms with van der Waals surface area (Å²) in [4.78, 5) is 4.00. The number of methoxy groups -OCH3 is 1. The Labute approximate surface area is 115 Å². The van der Waals surface area contributed by atoms with E-state index < -0.39 is 6.61 Å². The first kappa shape index (κ1) is 14.0. The van der Waals surface area contributed by atoms with Gasteiger partial charge in [-0.15, -0.1) is 0 Å². The summed E-state index contributed by atoms with van der Waals surface area (Å²) in [5.74, 6) is 0.260. The number of halogens is 2. The molecule has 106 valence electrons. The van der Waals surface area contributed by atoms with Crippen LogP contribution in [-0.4, -0.2) is 18.7 Å². The molecule has 0 spiro atoms. The Morgan fingerprint density at radius 3 is 2.75 bits per heavy atom. The predicted molar refractivity (Wildman–Crippen MR) is 71.2 cm³/mol. The maximum Gasteiger partial charge on any atom is 0.387 e. The first-order valence-electron chi connectivity index (χ1n) is 5.94. The Kier molecular flexibility index (Phi) is 4.70. The van der Waals surface area contributed by atoms with Crippen molar-refractivity contribution in [2.45, 2.75) is 13.2 Å². The Morgan fingerprint density at radius 1 is 1.25 bits per heavy atom. The Balaban J connectivity index is 2.08. The predicted octanol–water partition coefficient (Wildman–Crippen LogP) is 3.30. The molecule has 1 aromatic heterocycles. The van der Waals surface area contributed by atoms with Crippen LogP contribution in [-0.2, 0) is 6.54 Å².